The Labute approximate surface area is 131 Å². The maximum Gasteiger partial charge on any atom is 0.245 e. The van der Waals surface area contributed by atoms with Gasteiger partial charge in [0.25, 0.3) is 0 Å². The van der Waals surface area contributed by atoms with Crippen LogP contribution in [0.3, 0.4) is 0 Å². The van der Waals surface area contributed by atoms with E-state index >= 15 is 0 Å². The van der Waals surface area contributed by atoms with Crippen molar-refractivity contribution in [3.8, 4) is 0 Å². The van der Waals surface area contributed by atoms with E-state index < -0.39 is 0 Å². The molecule has 22 heavy (non-hydrogen) atoms. The van der Waals surface area contributed by atoms with Crippen LogP contribution in [-0.2, 0) is 16.1 Å². The van der Waals surface area contributed by atoms with Crippen molar-refractivity contribution in [2.75, 3.05) is 20.1 Å². The molecule has 0 atom stereocenters. The Kier molecular flexibility index (Phi) is 5.31. The second-order valence-electron chi connectivity index (χ2n) is 5.77. The van der Waals surface area contributed by atoms with E-state index in [1.165, 1.54) is 6.08 Å². The van der Waals surface area contributed by atoms with Gasteiger partial charge in [-0.25, -0.2) is 0 Å². The monoisotopic (exact) mass is 301 g/mol. The van der Waals surface area contributed by atoms with Crippen molar-refractivity contribution in [1.29, 1.82) is 0 Å². The third-order valence-corrected chi connectivity index (χ3v) is 4.05. The van der Waals surface area contributed by atoms with Gasteiger partial charge in [0, 0.05) is 31.7 Å². The van der Waals surface area contributed by atoms with E-state index in [9.17, 15) is 9.59 Å². The van der Waals surface area contributed by atoms with Gasteiger partial charge in [-0.3, -0.25) is 14.6 Å². The number of pyridine rings is 1. The minimum atomic E-state index is -0.0526. The molecule has 2 amide bonds. The van der Waals surface area contributed by atoms with E-state index in [1.807, 2.05) is 32.2 Å². The van der Waals surface area contributed by atoms with Gasteiger partial charge in [0.05, 0.1) is 12.2 Å². The first-order chi connectivity index (χ1) is 10.5. The highest BCUT2D eigenvalue weighted by Gasteiger charge is 2.28. The smallest absolute Gasteiger partial charge is 0.245 e. The Hall–Kier alpha value is -2.17. The van der Waals surface area contributed by atoms with Crippen molar-refractivity contribution < 1.29 is 9.59 Å². The Bertz CT molecular complexity index is 563. The van der Waals surface area contributed by atoms with Crippen LogP contribution in [0.15, 0.2) is 30.9 Å². The number of aromatic nitrogens is 1. The lowest BCUT2D eigenvalue weighted by Gasteiger charge is -2.32. The molecule has 1 saturated heterocycles. The molecular weight excluding hydrogens is 278 g/mol. The molecule has 0 bridgehead atoms. The Balaban J connectivity index is 1.89. The number of piperidine rings is 1. The summed E-state index contributed by atoms with van der Waals surface area (Å²) in [5.41, 5.74) is 1.85. The minimum Gasteiger partial charge on any atom is -0.340 e. The molecule has 2 heterocycles. The molecule has 0 aromatic carbocycles. The molecule has 1 aromatic heterocycles. The summed E-state index contributed by atoms with van der Waals surface area (Å²) in [7, 11) is 1.81. The molecule has 5 nitrogen and oxygen atoms in total. The molecular formula is C17H23N3O2. The lowest BCUT2D eigenvalue weighted by atomic mass is 9.95. The molecule has 118 valence electrons. The second-order valence-corrected chi connectivity index (χ2v) is 5.77. The normalized spacial score (nSPS) is 15.5. The molecule has 0 aliphatic carbocycles. The minimum absolute atomic E-state index is 0.0105. The molecule has 0 spiro atoms. The SMILES string of the molecule is C=CC(=O)N1CCC(C(=O)N(C)Cc2cccc(C)n2)CC1. The fourth-order valence-corrected chi connectivity index (χ4v) is 2.80. The van der Waals surface area contributed by atoms with Crippen molar-refractivity contribution in [2.24, 2.45) is 5.92 Å². The summed E-state index contributed by atoms with van der Waals surface area (Å²) in [5, 5.41) is 0. The van der Waals surface area contributed by atoms with Gasteiger partial charge in [-0.05, 0) is 38.0 Å². The van der Waals surface area contributed by atoms with E-state index in [0.717, 1.165) is 11.4 Å². The van der Waals surface area contributed by atoms with Crippen LogP contribution in [-0.4, -0.2) is 46.7 Å². The summed E-state index contributed by atoms with van der Waals surface area (Å²) in [5.74, 6) is 0.0703. The van der Waals surface area contributed by atoms with Crippen LogP contribution in [0, 0.1) is 12.8 Å². The van der Waals surface area contributed by atoms with Crippen LogP contribution in [0.2, 0.25) is 0 Å². The van der Waals surface area contributed by atoms with Crippen LogP contribution in [0.25, 0.3) is 0 Å². The molecule has 1 fully saturated rings. The van der Waals surface area contributed by atoms with Crippen LogP contribution in [0.1, 0.15) is 24.2 Å². The van der Waals surface area contributed by atoms with Crippen molar-refractivity contribution in [2.45, 2.75) is 26.3 Å². The molecule has 2 rings (SSSR count). The number of nitrogens with zero attached hydrogens (tertiary/aromatic N) is 3. The Morgan fingerprint density at radius 2 is 2.09 bits per heavy atom. The average molecular weight is 301 g/mol. The zero-order valence-corrected chi connectivity index (χ0v) is 13.3. The van der Waals surface area contributed by atoms with E-state index in [4.69, 9.17) is 0 Å². The second kappa shape index (κ2) is 7.20. The third kappa shape index (κ3) is 3.93. The maximum absolute atomic E-state index is 12.5. The van der Waals surface area contributed by atoms with Gasteiger partial charge in [0.2, 0.25) is 11.8 Å². The summed E-state index contributed by atoms with van der Waals surface area (Å²) >= 11 is 0. The standard InChI is InChI=1S/C17H23N3O2/c1-4-16(21)20-10-8-14(9-11-20)17(22)19(3)12-15-7-5-6-13(2)18-15/h4-7,14H,1,8-12H2,2-3H3. The summed E-state index contributed by atoms with van der Waals surface area (Å²) in [6.07, 6.45) is 2.76. The summed E-state index contributed by atoms with van der Waals surface area (Å²) in [6.45, 7) is 7.21. The largest absolute Gasteiger partial charge is 0.340 e. The first-order valence-electron chi connectivity index (χ1n) is 7.60. The molecule has 5 heteroatoms. The first kappa shape index (κ1) is 16.2. The molecule has 0 saturated carbocycles. The highest BCUT2D eigenvalue weighted by Crippen LogP contribution is 2.20. The van der Waals surface area contributed by atoms with E-state index in [2.05, 4.69) is 11.6 Å². The van der Waals surface area contributed by atoms with Gasteiger partial charge < -0.3 is 9.80 Å². The lowest BCUT2D eigenvalue weighted by Crippen LogP contribution is -2.42. The van der Waals surface area contributed by atoms with Gasteiger partial charge >= 0.3 is 0 Å². The highest BCUT2D eigenvalue weighted by atomic mass is 16.2. The van der Waals surface area contributed by atoms with Gasteiger partial charge in [-0.1, -0.05) is 12.6 Å². The molecule has 1 aliphatic heterocycles. The predicted molar refractivity (Wildman–Crippen MR) is 84.9 cm³/mol. The Morgan fingerprint density at radius 3 is 2.68 bits per heavy atom. The Morgan fingerprint density at radius 1 is 1.41 bits per heavy atom. The van der Waals surface area contributed by atoms with Gasteiger partial charge in [-0.15, -0.1) is 0 Å². The quantitative estimate of drug-likeness (QED) is 0.797. The number of hydrogen-bond acceptors (Lipinski definition) is 3. The topological polar surface area (TPSA) is 53.5 Å². The van der Waals surface area contributed by atoms with Crippen LogP contribution in [0.4, 0.5) is 0 Å². The highest BCUT2D eigenvalue weighted by molar-refractivity contribution is 5.87. The average Bonchev–Trinajstić information content (AvgIpc) is 2.53. The first-order valence-corrected chi connectivity index (χ1v) is 7.60. The lowest BCUT2D eigenvalue weighted by molar-refractivity contribution is -0.138. The molecule has 1 aromatic rings. The number of aryl methyl sites for hydroxylation is 1. The van der Waals surface area contributed by atoms with Crippen molar-refractivity contribution in [3.63, 3.8) is 0 Å². The third-order valence-electron chi connectivity index (χ3n) is 4.05. The van der Waals surface area contributed by atoms with Crippen LogP contribution >= 0.6 is 0 Å². The van der Waals surface area contributed by atoms with Crippen molar-refractivity contribution >= 4 is 11.8 Å². The van der Waals surface area contributed by atoms with Crippen molar-refractivity contribution in [1.82, 2.24) is 14.8 Å². The zero-order chi connectivity index (χ0) is 16.1. The molecule has 0 unspecified atom stereocenters. The number of hydrogen-bond donors (Lipinski definition) is 0. The summed E-state index contributed by atoms with van der Waals surface area (Å²) < 4.78 is 0. The van der Waals surface area contributed by atoms with Gasteiger partial charge in [-0.2, -0.15) is 0 Å². The maximum atomic E-state index is 12.5. The summed E-state index contributed by atoms with van der Waals surface area (Å²) in [6, 6.07) is 5.83. The number of amides is 2. The van der Waals surface area contributed by atoms with E-state index in [1.54, 1.807) is 9.80 Å². The molecule has 0 radical (unpaired) electrons. The van der Waals surface area contributed by atoms with Gasteiger partial charge in [0.15, 0.2) is 0 Å². The van der Waals surface area contributed by atoms with Crippen LogP contribution < -0.4 is 0 Å². The zero-order valence-electron chi connectivity index (χ0n) is 13.3. The number of likely N-dealkylation sites (tertiary alicyclic amines) is 1. The number of carbonyl (C=O) groups excluding carboxylic acids is 2. The molecule has 0 N–H and O–H groups in total. The van der Waals surface area contributed by atoms with Crippen molar-refractivity contribution in [3.05, 3.63) is 42.2 Å². The fourth-order valence-electron chi connectivity index (χ4n) is 2.80. The number of rotatable bonds is 4. The number of carbonyl (C=O) groups is 2. The van der Waals surface area contributed by atoms with Crippen LogP contribution in [0.5, 0.6) is 0 Å². The van der Waals surface area contributed by atoms with Gasteiger partial charge in [0.1, 0.15) is 0 Å². The molecule has 1 aliphatic rings. The van der Waals surface area contributed by atoms with E-state index in [-0.39, 0.29) is 17.7 Å². The van der Waals surface area contributed by atoms with E-state index in [0.29, 0.717) is 32.5 Å². The summed E-state index contributed by atoms with van der Waals surface area (Å²) in [4.78, 5) is 32.0. The fraction of sp³-hybridized carbons (Fsp3) is 0.471. The predicted octanol–water partition coefficient (Wildman–Crippen LogP) is 1.77.